The Balaban J connectivity index is 1.88. The summed E-state index contributed by atoms with van der Waals surface area (Å²) in [6.45, 7) is 0. The fraction of sp³-hybridized carbons (Fsp3) is 0.571. The number of nitrogens with one attached hydrogen (secondary N) is 1. The predicted octanol–water partition coefficient (Wildman–Crippen LogP) is 2.82. The van der Waals surface area contributed by atoms with Gasteiger partial charge in [0.25, 0.3) is 5.56 Å². The van der Waals surface area contributed by atoms with Crippen molar-refractivity contribution in [2.24, 2.45) is 5.92 Å². The molecule has 2 aliphatic rings. The van der Waals surface area contributed by atoms with Crippen molar-refractivity contribution in [3.05, 3.63) is 26.6 Å². The van der Waals surface area contributed by atoms with E-state index >= 15 is 0 Å². The molecule has 3 nitrogen and oxygen atoms in total. The molecule has 1 saturated carbocycles. The first-order valence-electron chi connectivity index (χ1n) is 6.84. The van der Waals surface area contributed by atoms with E-state index in [1.807, 2.05) is 0 Å². The van der Waals surface area contributed by atoms with Crippen LogP contribution in [0.5, 0.6) is 0 Å². The lowest BCUT2D eigenvalue weighted by atomic mass is 9.97. The summed E-state index contributed by atoms with van der Waals surface area (Å²) in [6, 6.07) is 0. The average Bonchev–Trinajstić information content (AvgIpc) is 3.07. The summed E-state index contributed by atoms with van der Waals surface area (Å²) in [6.07, 6.45) is 8.20. The molecule has 0 amide bonds. The average molecular weight is 260 g/mol. The van der Waals surface area contributed by atoms with Crippen molar-refractivity contribution in [3.8, 4) is 0 Å². The highest BCUT2D eigenvalue weighted by atomic mass is 32.1. The number of thiophene rings is 1. The van der Waals surface area contributed by atoms with Crippen molar-refractivity contribution >= 4 is 21.6 Å². The van der Waals surface area contributed by atoms with E-state index in [4.69, 9.17) is 0 Å². The molecule has 0 aromatic carbocycles. The molecule has 4 heteroatoms. The van der Waals surface area contributed by atoms with Crippen molar-refractivity contribution < 1.29 is 0 Å². The number of aromatic nitrogens is 2. The first-order chi connectivity index (χ1) is 8.81. The first kappa shape index (κ1) is 10.7. The van der Waals surface area contributed by atoms with E-state index in [0.29, 0.717) is 0 Å². The van der Waals surface area contributed by atoms with E-state index in [2.05, 4.69) is 9.97 Å². The van der Waals surface area contributed by atoms with Crippen LogP contribution in [0.2, 0.25) is 0 Å². The number of aromatic amines is 1. The fourth-order valence-electron chi connectivity index (χ4n) is 2.90. The Kier molecular flexibility index (Phi) is 2.34. The highest BCUT2D eigenvalue weighted by molar-refractivity contribution is 7.18. The number of hydrogen-bond acceptors (Lipinski definition) is 3. The summed E-state index contributed by atoms with van der Waals surface area (Å²) in [5.41, 5.74) is 1.38. The number of rotatable bonds is 2. The fourth-order valence-corrected chi connectivity index (χ4v) is 4.18. The van der Waals surface area contributed by atoms with Crippen LogP contribution in [-0.4, -0.2) is 9.97 Å². The second-order valence-electron chi connectivity index (χ2n) is 5.55. The van der Waals surface area contributed by atoms with Gasteiger partial charge in [-0.2, -0.15) is 0 Å². The summed E-state index contributed by atoms with van der Waals surface area (Å²) in [5, 5.41) is 0.884. The molecule has 4 rings (SSSR count). The van der Waals surface area contributed by atoms with Crippen LogP contribution in [0.25, 0.3) is 10.2 Å². The summed E-state index contributed by atoms with van der Waals surface area (Å²) < 4.78 is 0. The minimum absolute atomic E-state index is 0.0926. The second kappa shape index (κ2) is 3.92. The van der Waals surface area contributed by atoms with Crippen LogP contribution >= 0.6 is 11.3 Å². The Labute approximate surface area is 109 Å². The smallest absolute Gasteiger partial charge is 0.259 e. The Morgan fingerprint density at radius 3 is 2.94 bits per heavy atom. The van der Waals surface area contributed by atoms with Gasteiger partial charge in [-0.1, -0.05) is 0 Å². The molecule has 2 aromatic rings. The molecule has 2 heterocycles. The van der Waals surface area contributed by atoms with E-state index in [1.165, 1.54) is 36.1 Å². The highest BCUT2D eigenvalue weighted by Gasteiger charge is 2.24. The number of hydrogen-bond donors (Lipinski definition) is 1. The Morgan fingerprint density at radius 2 is 2.11 bits per heavy atom. The third kappa shape index (κ3) is 1.70. The molecular formula is C14H16N2OS. The highest BCUT2D eigenvalue weighted by Crippen LogP contribution is 2.35. The van der Waals surface area contributed by atoms with Crippen molar-refractivity contribution in [3.63, 3.8) is 0 Å². The van der Waals surface area contributed by atoms with Gasteiger partial charge in [0.05, 0.1) is 5.39 Å². The maximum atomic E-state index is 12.2. The minimum Gasteiger partial charge on any atom is -0.310 e. The Morgan fingerprint density at radius 1 is 1.28 bits per heavy atom. The Hall–Kier alpha value is -1.16. The number of fused-ring (bicyclic) bond motifs is 3. The monoisotopic (exact) mass is 260 g/mol. The van der Waals surface area contributed by atoms with Gasteiger partial charge >= 0.3 is 0 Å². The second-order valence-corrected chi connectivity index (χ2v) is 6.63. The quantitative estimate of drug-likeness (QED) is 0.902. The van der Waals surface area contributed by atoms with Crippen LogP contribution in [0.1, 0.15) is 41.9 Å². The lowest BCUT2D eigenvalue weighted by Crippen LogP contribution is -2.13. The maximum absolute atomic E-state index is 12.2. The molecule has 0 radical (unpaired) electrons. The molecular weight excluding hydrogens is 244 g/mol. The van der Waals surface area contributed by atoms with Crippen LogP contribution in [-0.2, 0) is 19.3 Å². The van der Waals surface area contributed by atoms with Gasteiger partial charge in [0, 0.05) is 11.3 Å². The molecule has 2 aliphatic carbocycles. The van der Waals surface area contributed by atoms with Gasteiger partial charge in [-0.05, 0) is 50.0 Å². The molecule has 0 unspecified atom stereocenters. The standard InChI is InChI=1S/C14H16N2OS/c17-13-12-9-3-1-2-4-10(9)18-14(12)16-11(15-13)7-8-5-6-8/h8H,1-7H2,(H,15,16,17). The van der Waals surface area contributed by atoms with Crippen LogP contribution < -0.4 is 5.56 Å². The molecule has 0 aliphatic heterocycles. The van der Waals surface area contributed by atoms with E-state index in [9.17, 15) is 4.79 Å². The van der Waals surface area contributed by atoms with Crippen molar-refractivity contribution in [2.45, 2.75) is 44.9 Å². The molecule has 0 spiro atoms. The topological polar surface area (TPSA) is 45.8 Å². The normalized spacial score (nSPS) is 19.1. The molecule has 1 fully saturated rings. The maximum Gasteiger partial charge on any atom is 0.259 e. The van der Waals surface area contributed by atoms with E-state index in [-0.39, 0.29) is 5.56 Å². The van der Waals surface area contributed by atoms with Crippen molar-refractivity contribution in [2.75, 3.05) is 0 Å². The van der Waals surface area contributed by atoms with Gasteiger partial charge in [0.1, 0.15) is 10.7 Å². The van der Waals surface area contributed by atoms with Crippen LogP contribution in [0.3, 0.4) is 0 Å². The third-order valence-corrected chi connectivity index (χ3v) is 5.24. The lowest BCUT2D eigenvalue weighted by Gasteiger charge is -2.09. The summed E-state index contributed by atoms with van der Waals surface area (Å²) >= 11 is 1.74. The lowest BCUT2D eigenvalue weighted by molar-refractivity contribution is 0.699. The molecule has 2 aromatic heterocycles. The van der Waals surface area contributed by atoms with Gasteiger partial charge in [-0.15, -0.1) is 11.3 Å². The molecule has 94 valence electrons. The van der Waals surface area contributed by atoms with Crippen molar-refractivity contribution in [1.29, 1.82) is 0 Å². The van der Waals surface area contributed by atoms with Gasteiger partial charge in [-0.3, -0.25) is 4.79 Å². The molecule has 0 bridgehead atoms. The zero-order chi connectivity index (χ0) is 12.1. The number of nitrogens with zero attached hydrogens (tertiary/aromatic N) is 1. The van der Waals surface area contributed by atoms with Crippen LogP contribution in [0, 0.1) is 5.92 Å². The minimum atomic E-state index is 0.0926. The van der Waals surface area contributed by atoms with Crippen molar-refractivity contribution in [1.82, 2.24) is 9.97 Å². The summed E-state index contributed by atoms with van der Waals surface area (Å²) in [7, 11) is 0. The van der Waals surface area contributed by atoms with Crippen LogP contribution in [0.4, 0.5) is 0 Å². The van der Waals surface area contributed by atoms with E-state index < -0.39 is 0 Å². The molecule has 0 saturated heterocycles. The number of aryl methyl sites for hydroxylation is 2. The van der Waals surface area contributed by atoms with Gasteiger partial charge < -0.3 is 4.98 Å². The molecule has 0 atom stereocenters. The van der Waals surface area contributed by atoms with Crippen LogP contribution in [0.15, 0.2) is 4.79 Å². The third-order valence-electron chi connectivity index (χ3n) is 4.05. The first-order valence-corrected chi connectivity index (χ1v) is 7.66. The van der Waals surface area contributed by atoms with E-state index in [0.717, 1.165) is 41.2 Å². The zero-order valence-electron chi connectivity index (χ0n) is 10.3. The summed E-state index contributed by atoms with van der Waals surface area (Å²) in [5.74, 6) is 1.66. The van der Waals surface area contributed by atoms with Gasteiger partial charge in [0.15, 0.2) is 0 Å². The Bertz CT molecular complexity index is 666. The van der Waals surface area contributed by atoms with Gasteiger partial charge in [-0.25, -0.2) is 4.98 Å². The van der Waals surface area contributed by atoms with E-state index in [1.54, 1.807) is 11.3 Å². The number of H-pyrrole nitrogens is 1. The summed E-state index contributed by atoms with van der Waals surface area (Å²) in [4.78, 5) is 22.3. The predicted molar refractivity (Wildman–Crippen MR) is 73.3 cm³/mol. The van der Waals surface area contributed by atoms with Gasteiger partial charge in [0.2, 0.25) is 0 Å². The zero-order valence-corrected chi connectivity index (χ0v) is 11.1. The SMILES string of the molecule is O=c1[nH]c(CC2CC2)nc2sc3c(c12)CCCC3. The molecule has 1 N–H and O–H groups in total. The molecule has 18 heavy (non-hydrogen) atoms. The largest absolute Gasteiger partial charge is 0.310 e.